The van der Waals surface area contributed by atoms with Crippen LogP contribution in [0.3, 0.4) is 0 Å². The Morgan fingerprint density at radius 1 is 1.27 bits per heavy atom. The van der Waals surface area contributed by atoms with Crippen LogP contribution in [0.15, 0.2) is 42.7 Å². The summed E-state index contributed by atoms with van der Waals surface area (Å²) in [5.74, 6) is -0.313. The van der Waals surface area contributed by atoms with Gasteiger partial charge in [-0.25, -0.2) is 0 Å². The molecule has 1 atom stereocenters. The highest BCUT2D eigenvalue weighted by Gasteiger charge is 2.43. The summed E-state index contributed by atoms with van der Waals surface area (Å²) >= 11 is 0. The Kier molecular flexibility index (Phi) is 5.04. The number of halogens is 3. The van der Waals surface area contributed by atoms with Gasteiger partial charge in [0.15, 0.2) is 0 Å². The van der Waals surface area contributed by atoms with Gasteiger partial charge in [0.2, 0.25) is 5.91 Å². The molecule has 1 aliphatic rings. The van der Waals surface area contributed by atoms with Crippen molar-refractivity contribution in [2.45, 2.75) is 37.5 Å². The van der Waals surface area contributed by atoms with Gasteiger partial charge in [-0.15, -0.1) is 0 Å². The standard InChI is InChI=1S/C18H21F3N4O/c1-13(14-5-2-3-6-15(14)18(19,20)21)24-16(26)17(7-10-22-11-8-17)25-12-4-9-23-25/h2-6,9,12-13,22H,7-8,10-11H2,1H3,(H,24,26). The van der Waals surface area contributed by atoms with Gasteiger partial charge in [0.25, 0.3) is 0 Å². The topological polar surface area (TPSA) is 59.0 Å². The van der Waals surface area contributed by atoms with Gasteiger partial charge >= 0.3 is 6.18 Å². The first kappa shape index (κ1) is 18.4. The van der Waals surface area contributed by atoms with Gasteiger partial charge in [-0.05, 0) is 50.6 Å². The lowest BCUT2D eigenvalue weighted by Crippen LogP contribution is -2.55. The maximum atomic E-state index is 13.3. The van der Waals surface area contributed by atoms with Crippen molar-refractivity contribution in [2.24, 2.45) is 0 Å². The zero-order chi connectivity index (χ0) is 18.8. The summed E-state index contributed by atoms with van der Waals surface area (Å²) in [5.41, 5.74) is -1.57. The predicted molar refractivity (Wildman–Crippen MR) is 90.3 cm³/mol. The van der Waals surface area contributed by atoms with E-state index in [2.05, 4.69) is 15.7 Å². The zero-order valence-corrected chi connectivity index (χ0v) is 14.4. The summed E-state index contributed by atoms with van der Waals surface area (Å²) in [5, 5.41) is 10.2. The second kappa shape index (κ2) is 7.11. The molecule has 0 radical (unpaired) electrons. The van der Waals surface area contributed by atoms with Crippen LogP contribution in [0.1, 0.15) is 36.9 Å². The first-order valence-corrected chi connectivity index (χ1v) is 8.52. The fraction of sp³-hybridized carbons (Fsp3) is 0.444. The van der Waals surface area contributed by atoms with E-state index in [0.717, 1.165) is 6.07 Å². The molecule has 0 aliphatic carbocycles. The highest BCUT2D eigenvalue weighted by Crippen LogP contribution is 2.35. The minimum Gasteiger partial charge on any atom is -0.347 e. The average molecular weight is 366 g/mol. The number of rotatable bonds is 4. The molecule has 1 unspecified atom stereocenters. The molecule has 1 fully saturated rings. The first-order valence-electron chi connectivity index (χ1n) is 8.52. The number of benzene rings is 1. The lowest BCUT2D eigenvalue weighted by molar-refractivity contribution is -0.139. The van der Waals surface area contributed by atoms with E-state index in [0.29, 0.717) is 25.9 Å². The van der Waals surface area contributed by atoms with Crippen LogP contribution in [0.5, 0.6) is 0 Å². The highest BCUT2D eigenvalue weighted by atomic mass is 19.4. The van der Waals surface area contributed by atoms with Crippen LogP contribution in [0, 0.1) is 0 Å². The second-order valence-corrected chi connectivity index (χ2v) is 6.51. The SMILES string of the molecule is CC(NC(=O)C1(n2cccn2)CCNCC1)c1ccccc1C(F)(F)F. The molecule has 5 nitrogen and oxygen atoms in total. The third-order valence-corrected chi connectivity index (χ3v) is 4.88. The molecular weight excluding hydrogens is 345 g/mol. The van der Waals surface area contributed by atoms with Crippen LogP contribution in [0.4, 0.5) is 13.2 Å². The Labute approximate surface area is 149 Å². The number of piperidine rings is 1. The summed E-state index contributed by atoms with van der Waals surface area (Å²) in [7, 11) is 0. The maximum Gasteiger partial charge on any atom is 0.416 e. The van der Waals surface area contributed by atoms with Gasteiger partial charge in [-0.1, -0.05) is 18.2 Å². The Morgan fingerprint density at radius 2 is 1.96 bits per heavy atom. The number of carbonyl (C=O) groups is 1. The number of amides is 1. The third-order valence-electron chi connectivity index (χ3n) is 4.88. The molecule has 140 valence electrons. The number of aromatic nitrogens is 2. The summed E-state index contributed by atoms with van der Waals surface area (Å²) in [6.07, 6.45) is -0.106. The van der Waals surface area contributed by atoms with E-state index in [9.17, 15) is 18.0 Å². The van der Waals surface area contributed by atoms with Crippen LogP contribution in [-0.2, 0) is 16.5 Å². The minimum absolute atomic E-state index is 0.0536. The lowest BCUT2D eigenvalue weighted by atomic mass is 9.86. The van der Waals surface area contributed by atoms with Gasteiger partial charge in [-0.3, -0.25) is 9.48 Å². The number of hydrogen-bond donors (Lipinski definition) is 2. The average Bonchev–Trinajstić information content (AvgIpc) is 3.16. The van der Waals surface area contributed by atoms with Crippen LogP contribution >= 0.6 is 0 Å². The van der Waals surface area contributed by atoms with Crippen LogP contribution in [-0.4, -0.2) is 28.8 Å². The Hall–Kier alpha value is -2.35. The van der Waals surface area contributed by atoms with E-state index in [4.69, 9.17) is 0 Å². The van der Waals surface area contributed by atoms with Crippen LogP contribution in [0.2, 0.25) is 0 Å². The molecule has 1 aliphatic heterocycles. The normalized spacial score (nSPS) is 18.3. The molecular formula is C18H21F3N4O. The molecule has 2 aromatic rings. The molecule has 0 spiro atoms. The monoisotopic (exact) mass is 366 g/mol. The number of nitrogens with zero attached hydrogens (tertiary/aromatic N) is 2. The first-order chi connectivity index (χ1) is 12.3. The molecule has 1 amide bonds. The molecule has 3 rings (SSSR count). The highest BCUT2D eigenvalue weighted by molar-refractivity contribution is 5.85. The number of hydrogen-bond acceptors (Lipinski definition) is 3. The maximum absolute atomic E-state index is 13.3. The minimum atomic E-state index is -4.47. The van der Waals surface area contributed by atoms with Crippen LogP contribution < -0.4 is 10.6 Å². The van der Waals surface area contributed by atoms with E-state index in [-0.39, 0.29) is 11.5 Å². The Bertz CT molecular complexity index is 752. The van der Waals surface area contributed by atoms with E-state index in [1.165, 1.54) is 12.1 Å². The van der Waals surface area contributed by atoms with Crippen LogP contribution in [0.25, 0.3) is 0 Å². The van der Waals surface area contributed by atoms with Gasteiger partial charge in [0.05, 0.1) is 11.6 Å². The molecule has 0 saturated carbocycles. The van der Waals surface area contributed by atoms with Gasteiger partial charge in [0, 0.05) is 12.4 Å². The number of carbonyl (C=O) groups excluding carboxylic acids is 1. The molecule has 26 heavy (non-hydrogen) atoms. The van der Waals surface area contributed by atoms with Crippen molar-refractivity contribution in [2.75, 3.05) is 13.1 Å². The number of nitrogens with one attached hydrogen (secondary N) is 2. The number of alkyl halides is 3. The fourth-order valence-electron chi connectivity index (χ4n) is 3.46. The third kappa shape index (κ3) is 3.46. The van der Waals surface area contributed by atoms with Crippen molar-refractivity contribution in [3.05, 3.63) is 53.9 Å². The summed E-state index contributed by atoms with van der Waals surface area (Å²) in [6.45, 7) is 2.85. The van der Waals surface area contributed by atoms with Gasteiger partial charge < -0.3 is 10.6 Å². The lowest BCUT2D eigenvalue weighted by Gasteiger charge is -2.37. The summed E-state index contributed by atoms with van der Waals surface area (Å²) in [6, 6.07) is 6.28. The van der Waals surface area contributed by atoms with Crippen molar-refractivity contribution < 1.29 is 18.0 Å². The quantitative estimate of drug-likeness (QED) is 0.875. The van der Waals surface area contributed by atoms with Gasteiger partial charge in [-0.2, -0.15) is 18.3 Å². The molecule has 1 aromatic carbocycles. The molecule has 1 saturated heterocycles. The Morgan fingerprint density at radius 3 is 2.58 bits per heavy atom. The molecule has 1 aromatic heterocycles. The molecule has 0 bridgehead atoms. The van der Waals surface area contributed by atoms with Crippen molar-refractivity contribution >= 4 is 5.91 Å². The van der Waals surface area contributed by atoms with Crippen molar-refractivity contribution in [1.29, 1.82) is 0 Å². The van der Waals surface area contributed by atoms with E-state index in [1.807, 2.05) is 0 Å². The Balaban J connectivity index is 1.87. The fourth-order valence-corrected chi connectivity index (χ4v) is 3.46. The molecule has 2 N–H and O–H groups in total. The van der Waals surface area contributed by atoms with Crippen molar-refractivity contribution in [3.8, 4) is 0 Å². The largest absolute Gasteiger partial charge is 0.416 e. The molecule has 2 heterocycles. The summed E-state index contributed by atoms with van der Waals surface area (Å²) < 4.78 is 41.4. The van der Waals surface area contributed by atoms with Crippen molar-refractivity contribution in [1.82, 2.24) is 20.4 Å². The van der Waals surface area contributed by atoms with E-state index < -0.39 is 23.3 Å². The predicted octanol–water partition coefficient (Wildman–Crippen LogP) is 2.86. The van der Waals surface area contributed by atoms with Crippen molar-refractivity contribution in [3.63, 3.8) is 0 Å². The smallest absolute Gasteiger partial charge is 0.347 e. The summed E-state index contributed by atoms with van der Waals surface area (Å²) in [4.78, 5) is 13.1. The molecule has 8 heteroatoms. The second-order valence-electron chi connectivity index (χ2n) is 6.51. The zero-order valence-electron chi connectivity index (χ0n) is 14.4. The van der Waals surface area contributed by atoms with Gasteiger partial charge in [0.1, 0.15) is 5.54 Å². The van der Waals surface area contributed by atoms with E-state index in [1.54, 1.807) is 36.1 Å². The van der Waals surface area contributed by atoms with E-state index >= 15 is 0 Å².